The lowest BCUT2D eigenvalue weighted by Gasteiger charge is -2.27. The van der Waals surface area contributed by atoms with Crippen LogP contribution in [0.15, 0.2) is 12.3 Å². The highest BCUT2D eigenvalue weighted by Gasteiger charge is 2.14. The molecule has 1 unspecified atom stereocenters. The van der Waals surface area contributed by atoms with Crippen molar-refractivity contribution in [2.75, 3.05) is 24.0 Å². The Kier molecular flexibility index (Phi) is 7.01. The van der Waals surface area contributed by atoms with Crippen molar-refractivity contribution in [2.24, 2.45) is 0 Å². The summed E-state index contributed by atoms with van der Waals surface area (Å²) in [5.41, 5.74) is 2.63. The van der Waals surface area contributed by atoms with Crippen LogP contribution >= 0.6 is 11.8 Å². The number of aryl methyl sites for hydroxylation is 1. The quantitative estimate of drug-likeness (QED) is 0.828. The van der Waals surface area contributed by atoms with Crippen LogP contribution in [0.5, 0.6) is 0 Å². The fourth-order valence-corrected chi connectivity index (χ4v) is 2.73. The molecule has 1 aromatic rings. The molecule has 3 nitrogen and oxygen atoms in total. The van der Waals surface area contributed by atoms with Gasteiger partial charge in [-0.15, -0.1) is 0 Å². The molecule has 0 aliphatic rings. The van der Waals surface area contributed by atoms with Crippen LogP contribution < -0.4 is 10.2 Å². The smallest absolute Gasteiger partial charge is 0.131 e. The van der Waals surface area contributed by atoms with Crippen molar-refractivity contribution in [1.82, 2.24) is 10.3 Å². The monoisotopic (exact) mass is 309 g/mol. The molecular formula is C17H31N3S. The van der Waals surface area contributed by atoms with Gasteiger partial charge >= 0.3 is 0 Å². The van der Waals surface area contributed by atoms with Crippen molar-refractivity contribution in [3.63, 3.8) is 0 Å². The van der Waals surface area contributed by atoms with Gasteiger partial charge in [0, 0.05) is 31.4 Å². The Hall–Kier alpha value is -0.740. The maximum atomic E-state index is 4.69. The topological polar surface area (TPSA) is 28.2 Å². The molecule has 1 heterocycles. The Labute approximate surface area is 134 Å². The lowest BCUT2D eigenvalue weighted by atomic mass is 10.1. The molecule has 0 bridgehead atoms. The summed E-state index contributed by atoms with van der Waals surface area (Å²) in [6.45, 7) is 11.8. The molecule has 21 heavy (non-hydrogen) atoms. The number of hydrogen-bond acceptors (Lipinski definition) is 4. The summed E-state index contributed by atoms with van der Waals surface area (Å²) in [4.78, 5) is 6.99. The molecule has 0 aliphatic carbocycles. The van der Waals surface area contributed by atoms with Crippen LogP contribution in [-0.2, 0) is 6.54 Å². The first-order chi connectivity index (χ1) is 9.74. The highest BCUT2D eigenvalue weighted by Crippen LogP contribution is 2.20. The zero-order chi connectivity index (χ0) is 16.0. The number of anilines is 1. The van der Waals surface area contributed by atoms with E-state index in [2.05, 4.69) is 69.2 Å². The molecule has 1 aromatic heterocycles. The number of nitrogens with one attached hydrogen (secondary N) is 1. The fourth-order valence-electron chi connectivity index (χ4n) is 2.15. The predicted molar refractivity (Wildman–Crippen MR) is 96.4 cm³/mol. The second-order valence-corrected chi connectivity index (χ2v) is 7.81. The fraction of sp³-hybridized carbons (Fsp3) is 0.706. The lowest BCUT2D eigenvalue weighted by Crippen LogP contribution is -2.35. The Morgan fingerprint density at radius 2 is 2.05 bits per heavy atom. The van der Waals surface area contributed by atoms with E-state index in [9.17, 15) is 0 Å². The molecule has 120 valence electrons. The van der Waals surface area contributed by atoms with Gasteiger partial charge in [0.05, 0.1) is 0 Å². The average Bonchev–Trinajstić information content (AvgIpc) is 2.41. The molecular weight excluding hydrogens is 278 g/mol. The van der Waals surface area contributed by atoms with Gasteiger partial charge in [0.15, 0.2) is 0 Å². The van der Waals surface area contributed by atoms with E-state index in [0.717, 1.165) is 12.4 Å². The van der Waals surface area contributed by atoms with Crippen LogP contribution in [0.4, 0.5) is 5.82 Å². The minimum atomic E-state index is 0.135. The van der Waals surface area contributed by atoms with Gasteiger partial charge in [0.2, 0.25) is 0 Å². The van der Waals surface area contributed by atoms with E-state index in [1.165, 1.54) is 23.3 Å². The van der Waals surface area contributed by atoms with Crippen molar-refractivity contribution >= 4 is 17.6 Å². The number of aromatic nitrogens is 1. The predicted octanol–water partition coefficient (Wildman–Crippen LogP) is 3.86. The molecule has 0 aromatic carbocycles. The van der Waals surface area contributed by atoms with Crippen LogP contribution in [0.3, 0.4) is 0 Å². The maximum absolute atomic E-state index is 4.69. The Morgan fingerprint density at radius 1 is 1.38 bits per heavy atom. The molecule has 1 N–H and O–H groups in total. The van der Waals surface area contributed by atoms with Gasteiger partial charge in [0.1, 0.15) is 5.82 Å². The van der Waals surface area contributed by atoms with Gasteiger partial charge in [-0.3, -0.25) is 0 Å². The molecule has 4 heteroatoms. The molecule has 0 saturated carbocycles. The minimum absolute atomic E-state index is 0.135. The second kappa shape index (κ2) is 8.04. The summed E-state index contributed by atoms with van der Waals surface area (Å²) < 4.78 is 0. The normalized spacial score (nSPS) is 13.3. The van der Waals surface area contributed by atoms with Gasteiger partial charge < -0.3 is 10.2 Å². The van der Waals surface area contributed by atoms with Crippen molar-refractivity contribution in [2.45, 2.75) is 59.2 Å². The highest BCUT2D eigenvalue weighted by molar-refractivity contribution is 7.98. The minimum Gasteiger partial charge on any atom is -0.357 e. The zero-order valence-corrected chi connectivity index (χ0v) is 15.5. The number of nitrogens with zero attached hydrogens (tertiary/aromatic N) is 2. The first-order valence-electron chi connectivity index (χ1n) is 7.67. The van der Waals surface area contributed by atoms with Crippen LogP contribution in [0.25, 0.3) is 0 Å². The standard InChI is InChI=1S/C17H31N3S/c1-13-10-15(12-19-17(3,4)5)11-18-16(13)20(6)14(2)8-9-21-7/h10-11,14,19H,8-9,12H2,1-7H3. The van der Waals surface area contributed by atoms with Crippen LogP contribution in [0, 0.1) is 6.92 Å². The van der Waals surface area contributed by atoms with Crippen molar-refractivity contribution in [3.05, 3.63) is 23.4 Å². The molecule has 0 amide bonds. The van der Waals surface area contributed by atoms with Gasteiger partial charge in [-0.25, -0.2) is 4.98 Å². The summed E-state index contributed by atoms with van der Waals surface area (Å²) in [5.74, 6) is 2.29. The molecule has 0 spiro atoms. The van der Waals surface area contributed by atoms with E-state index in [1.807, 2.05) is 18.0 Å². The summed E-state index contributed by atoms with van der Waals surface area (Å²) in [5, 5.41) is 3.51. The third-order valence-electron chi connectivity index (χ3n) is 3.67. The molecule has 0 aliphatic heterocycles. The summed E-state index contributed by atoms with van der Waals surface area (Å²) in [6, 6.07) is 2.76. The first kappa shape index (κ1) is 18.3. The van der Waals surface area contributed by atoms with E-state index in [1.54, 1.807) is 0 Å². The average molecular weight is 310 g/mol. The second-order valence-electron chi connectivity index (χ2n) is 6.83. The van der Waals surface area contributed by atoms with E-state index < -0.39 is 0 Å². The van der Waals surface area contributed by atoms with Crippen molar-refractivity contribution in [3.8, 4) is 0 Å². The van der Waals surface area contributed by atoms with Gasteiger partial charge in [-0.05, 0) is 70.2 Å². The Bertz CT molecular complexity index is 440. The summed E-state index contributed by atoms with van der Waals surface area (Å²) in [6.07, 6.45) is 5.35. The molecule has 0 saturated heterocycles. The van der Waals surface area contributed by atoms with Crippen molar-refractivity contribution in [1.29, 1.82) is 0 Å². The van der Waals surface area contributed by atoms with Gasteiger partial charge in [0.25, 0.3) is 0 Å². The summed E-state index contributed by atoms with van der Waals surface area (Å²) >= 11 is 1.90. The van der Waals surface area contributed by atoms with Gasteiger partial charge in [-0.2, -0.15) is 11.8 Å². The van der Waals surface area contributed by atoms with Crippen LogP contribution in [0.1, 0.15) is 45.2 Å². The third kappa shape index (κ3) is 6.27. The largest absolute Gasteiger partial charge is 0.357 e. The molecule has 0 fully saturated rings. The van der Waals surface area contributed by atoms with Crippen molar-refractivity contribution < 1.29 is 0 Å². The number of hydrogen-bond donors (Lipinski definition) is 1. The maximum Gasteiger partial charge on any atom is 0.131 e. The number of thioether (sulfide) groups is 1. The number of rotatable bonds is 7. The van der Waals surface area contributed by atoms with Crippen LogP contribution in [-0.4, -0.2) is 35.6 Å². The third-order valence-corrected chi connectivity index (χ3v) is 4.31. The van der Waals surface area contributed by atoms with Crippen LogP contribution in [0.2, 0.25) is 0 Å². The molecule has 1 rings (SSSR count). The highest BCUT2D eigenvalue weighted by atomic mass is 32.2. The SMILES string of the molecule is CSCCC(C)N(C)c1ncc(CNC(C)(C)C)cc1C. The molecule has 1 atom stereocenters. The summed E-state index contributed by atoms with van der Waals surface area (Å²) in [7, 11) is 2.15. The Morgan fingerprint density at radius 3 is 2.57 bits per heavy atom. The Balaban J connectivity index is 2.73. The first-order valence-corrected chi connectivity index (χ1v) is 9.06. The lowest BCUT2D eigenvalue weighted by molar-refractivity contribution is 0.424. The molecule has 0 radical (unpaired) electrons. The van der Waals surface area contributed by atoms with E-state index in [4.69, 9.17) is 0 Å². The zero-order valence-electron chi connectivity index (χ0n) is 14.7. The number of pyridine rings is 1. The van der Waals surface area contributed by atoms with E-state index in [-0.39, 0.29) is 5.54 Å². The van der Waals surface area contributed by atoms with E-state index >= 15 is 0 Å². The van der Waals surface area contributed by atoms with Gasteiger partial charge in [-0.1, -0.05) is 0 Å². The van der Waals surface area contributed by atoms with E-state index in [0.29, 0.717) is 6.04 Å².